The molecule has 1 heterocycles. The van der Waals surface area contributed by atoms with Gasteiger partial charge in [-0.25, -0.2) is 13.8 Å². The van der Waals surface area contributed by atoms with Crippen molar-refractivity contribution in [2.75, 3.05) is 11.1 Å². The lowest BCUT2D eigenvalue weighted by molar-refractivity contribution is -0.384. The number of hydrogen-bond acceptors (Lipinski definition) is 5. The average molecular weight is 280 g/mol. The molecule has 0 radical (unpaired) electrons. The van der Waals surface area contributed by atoms with Crippen LogP contribution in [0, 0.1) is 21.7 Å². The molecule has 0 bridgehead atoms. The number of rotatable bonds is 4. The third kappa shape index (κ3) is 3.16. The fourth-order valence-corrected chi connectivity index (χ4v) is 1.58. The molecule has 2 rings (SSSR count). The van der Waals surface area contributed by atoms with Crippen LogP contribution in [-0.2, 0) is 6.54 Å². The molecule has 0 saturated heterocycles. The van der Waals surface area contributed by atoms with Gasteiger partial charge < -0.3 is 11.1 Å². The van der Waals surface area contributed by atoms with Crippen molar-refractivity contribution in [2.45, 2.75) is 6.54 Å². The first-order valence-corrected chi connectivity index (χ1v) is 5.55. The number of nitrogens with one attached hydrogen (secondary N) is 1. The van der Waals surface area contributed by atoms with Gasteiger partial charge in [-0.3, -0.25) is 10.1 Å². The monoisotopic (exact) mass is 280 g/mol. The zero-order valence-corrected chi connectivity index (χ0v) is 10.1. The van der Waals surface area contributed by atoms with Gasteiger partial charge in [0.15, 0.2) is 11.6 Å². The molecule has 0 fully saturated rings. The van der Waals surface area contributed by atoms with Crippen molar-refractivity contribution >= 4 is 17.3 Å². The molecule has 2 aromatic rings. The second kappa shape index (κ2) is 5.47. The largest absolute Gasteiger partial charge is 0.383 e. The molecular formula is C12H10F2N4O2. The number of halogens is 2. The van der Waals surface area contributed by atoms with Crippen molar-refractivity contribution in [3.8, 4) is 0 Å². The van der Waals surface area contributed by atoms with Crippen LogP contribution in [0.4, 0.5) is 26.1 Å². The summed E-state index contributed by atoms with van der Waals surface area (Å²) in [5, 5.41) is 13.4. The van der Waals surface area contributed by atoms with E-state index in [1.165, 1.54) is 12.1 Å². The SMILES string of the molecule is Nc1cc([N+](=O)[O-])cc(NCc2ccc(F)c(F)c2)n1. The van der Waals surface area contributed by atoms with E-state index < -0.39 is 16.6 Å². The number of hydrogen-bond donors (Lipinski definition) is 2. The topological polar surface area (TPSA) is 94.1 Å². The second-order valence-corrected chi connectivity index (χ2v) is 3.99. The van der Waals surface area contributed by atoms with Crippen molar-refractivity contribution in [2.24, 2.45) is 0 Å². The lowest BCUT2D eigenvalue weighted by Gasteiger charge is -2.07. The Kier molecular flexibility index (Phi) is 3.74. The lowest BCUT2D eigenvalue weighted by atomic mass is 10.2. The van der Waals surface area contributed by atoms with Gasteiger partial charge in [-0.15, -0.1) is 0 Å². The summed E-state index contributed by atoms with van der Waals surface area (Å²) in [7, 11) is 0. The lowest BCUT2D eigenvalue weighted by Crippen LogP contribution is -2.04. The van der Waals surface area contributed by atoms with E-state index in [0.717, 1.165) is 18.2 Å². The molecule has 0 aliphatic carbocycles. The summed E-state index contributed by atoms with van der Waals surface area (Å²) in [4.78, 5) is 13.9. The highest BCUT2D eigenvalue weighted by atomic mass is 19.2. The first kappa shape index (κ1) is 13.7. The highest BCUT2D eigenvalue weighted by Gasteiger charge is 2.10. The van der Waals surface area contributed by atoms with Crippen LogP contribution in [0.15, 0.2) is 30.3 Å². The zero-order valence-electron chi connectivity index (χ0n) is 10.1. The maximum absolute atomic E-state index is 13.0. The van der Waals surface area contributed by atoms with Gasteiger partial charge in [0.05, 0.1) is 17.1 Å². The van der Waals surface area contributed by atoms with E-state index in [2.05, 4.69) is 10.3 Å². The summed E-state index contributed by atoms with van der Waals surface area (Å²) in [6.45, 7) is 0.130. The standard InChI is InChI=1S/C12H10F2N4O2/c13-9-2-1-7(3-10(9)14)6-16-12-5-8(18(19)20)4-11(15)17-12/h1-5H,6H2,(H3,15,16,17). The van der Waals surface area contributed by atoms with Gasteiger partial charge in [0.1, 0.15) is 11.6 Å². The van der Waals surface area contributed by atoms with E-state index in [4.69, 9.17) is 5.73 Å². The maximum atomic E-state index is 13.0. The molecule has 20 heavy (non-hydrogen) atoms. The minimum Gasteiger partial charge on any atom is -0.383 e. The van der Waals surface area contributed by atoms with E-state index in [-0.39, 0.29) is 23.9 Å². The van der Waals surface area contributed by atoms with Gasteiger partial charge >= 0.3 is 0 Å². The van der Waals surface area contributed by atoms with E-state index >= 15 is 0 Å². The minimum atomic E-state index is -0.962. The number of nitro groups is 1. The molecule has 8 heteroatoms. The Morgan fingerprint density at radius 3 is 2.65 bits per heavy atom. The number of nitrogens with zero attached hydrogens (tertiary/aromatic N) is 2. The summed E-state index contributed by atoms with van der Waals surface area (Å²) in [6, 6.07) is 5.76. The Labute approximate surface area is 112 Å². The molecule has 0 aliphatic rings. The van der Waals surface area contributed by atoms with Crippen molar-refractivity contribution in [3.63, 3.8) is 0 Å². The Bertz CT molecular complexity index is 664. The van der Waals surface area contributed by atoms with E-state index in [9.17, 15) is 18.9 Å². The van der Waals surface area contributed by atoms with Gasteiger partial charge in [-0.05, 0) is 17.7 Å². The maximum Gasteiger partial charge on any atom is 0.276 e. The van der Waals surface area contributed by atoms with Gasteiger partial charge in [-0.2, -0.15) is 0 Å². The van der Waals surface area contributed by atoms with Crippen LogP contribution in [0.1, 0.15) is 5.56 Å². The first-order valence-electron chi connectivity index (χ1n) is 5.55. The van der Waals surface area contributed by atoms with Crippen LogP contribution in [0.25, 0.3) is 0 Å². The Morgan fingerprint density at radius 1 is 1.25 bits per heavy atom. The number of anilines is 2. The predicted octanol–water partition coefficient (Wildman–Crippen LogP) is 2.46. The van der Waals surface area contributed by atoms with E-state index in [1.54, 1.807) is 0 Å². The van der Waals surface area contributed by atoms with Gasteiger partial charge in [-0.1, -0.05) is 6.07 Å². The third-order valence-electron chi connectivity index (χ3n) is 2.50. The average Bonchev–Trinajstić information content (AvgIpc) is 2.39. The fourth-order valence-electron chi connectivity index (χ4n) is 1.58. The third-order valence-corrected chi connectivity index (χ3v) is 2.50. The summed E-state index contributed by atoms with van der Waals surface area (Å²) >= 11 is 0. The molecule has 0 atom stereocenters. The van der Waals surface area contributed by atoms with Crippen LogP contribution in [-0.4, -0.2) is 9.91 Å². The molecule has 3 N–H and O–H groups in total. The molecular weight excluding hydrogens is 270 g/mol. The van der Waals surface area contributed by atoms with Crippen LogP contribution < -0.4 is 11.1 Å². The second-order valence-electron chi connectivity index (χ2n) is 3.99. The molecule has 0 aliphatic heterocycles. The summed E-state index contributed by atoms with van der Waals surface area (Å²) < 4.78 is 25.8. The van der Waals surface area contributed by atoms with Crippen molar-refractivity contribution in [1.82, 2.24) is 4.98 Å². The Morgan fingerprint density at radius 2 is 2.00 bits per heavy atom. The molecule has 0 saturated carbocycles. The highest BCUT2D eigenvalue weighted by molar-refractivity contribution is 5.52. The molecule has 1 aromatic carbocycles. The van der Waals surface area contributed by atoms with Crippen LogP contribution >= 0.6 is 0 Å². The summed E-state index contributed by atoms with van der Waals surface area (Å²) in [5.74, 6) is -1.73. The molecule has 6 nitrogen and oxygen atoms in total. The number of nitrogen functional groups attached to an aromatic ring is 1. The van der Waals surface area contributed by atoms with E-state index in [1.807, 2.05) is 0 Å². The molecule has 0 amide bonds. The number of nitrogens with two attached hydrogens (primary N) is 1. The molecule has 104 valence electrons. The molecule has 0 unspecified atom stereocenters. The van der Waals surface area contributed by atoms with Crippen molar-refractivity contribution < 1.29 is 13.7 Å². The van der Waals surface area contributed by atoms with Gasteiger partial charge in [0.2, 0.25) is 0 Å². The van der Waals surface area contributed by atoms with E-state index in [0.29, 0.717) is 5.56 Å². The number of aromatic nitrogens is 1. The Hall–Kier alpha value is -2.77. The Balaban J connectivity index is 2.14. The van der Waals surface area contributed by atoms with Gasteiger partial charge in [0, 0.05) is 6.54 Å². The highest BCUT2D eigenvalue weighted by Crippen LogP contribution is 2.19. The van der Waals surface area contributed by atoms with Crippen LogP contribution in [0.3, 0.4) is 0 Å². The van der Waals surface area contributed by atoms with Crippen molar-refractivity contribution in [3.05, 3.63) is 57.6 Å². The minimum absolute atomic E-state index is 0.00742. The smallest absolute Gasteiger partial charge is 0.276 e. The van der Waals surface area contributed by atoms with Crippen LogP contribution in [0.2, 0.25) is 0 Å². The summed E-state index contributed by atoms with van der Waals surface area (Å²) in [5.41, 5.74) is 5.71. The number of benzene rings is 1. The number of pyridine rings is 1. The van der Waals surface area contributed by atoms with Crippen molar-refractivity contribution in [1.29, 1.82) is 0 Å². The normalized spacial score (nSPS) is 10.3. The molecule has 0 spiro atoms. The zero-order chi connectivity index (χ0) is 14.7. The first-order chi connectivity index (χ1) is 9.45. The van der Waals surface area contributed by atoms with Crippen LogP contribution in [0.5, 0.6) is 0 Å². The predicted molar refractivity (Wildman–Crippen MR) is 69.0 cm³/mol. The summed E-state index contributed by atoms with van der Waals surface area (Å²) in [6.07, 6.45) is 0. The fraction of sp³-hybridized carbons (Fsp3) is 0.0833. The molecule has 1 aromatic heterocycles. The quantitative estimate of drug-likeness (QED) is 0.662. The van der Waals surface area contributed by atoms with Gasteiger partial charge in [0.25, 0.3) is 5.69 Å².